The van der Waals surface area contributed by atoms with E-state index < -0.39 is 10.0 Å². The third kappa shape index (κ3) is 4.51. The molecule has 8 nitrogen and oxygen atoms in total. The number of hydrogen-bond acceptors (Lipinski definition) is 5. The van der Waals surface area contributed by atoms with Gasteiger partial charge in [-0.25, -0.2) is 8.42 Å². The predicted molar refractivity (Wildman–Crippen MR) is 94.2 cm³/mol. The lowest BCUT2D eigenvalue weighted by atomic mass is 10.2. The smallest absolute Gasteiger partial charge is 0.211 e. The summed E-state index contributed by atoms with van der Waals surface area (Å²) in [4.78, 5) is 4.27. The second kappa shape index (κ2) is 7.71. The highest BCUT2D eigenvalue weighted by Gasteiger charge is 2.30. The number of hydrogen-bond donors (Lipinski definition) is 2. The van der Waals surface area contributed by atoms with E-state index in [1.165, 1.54) is 10.6 Å². The molecule has 1 aromatic rings. The molecule has 0 radical (unpaired) electrons. The van der Waals surface area contributed by atoms with Gasteiger partial charge < -0.3 is 20.5 Å². The second-order valence-electron chi connectivity index (χ2n) is 5.59. The minimum atomic E-state index is -3.20. The quantitative estimate of drug-likeness (QED) is 0.578. The Balaban J connectivity index is 2.02. The average molecular weight is 356 g/mol. The van der Waals surface area contributed by atoms with E-state index >= 15 is 0 Å². The summed E-state index contributed by atoms with van der Waals surface area (Å²) < 4.78 is 35.3. The van der Waals surface area contributed by atoms with E-state index in [4.69, 9.17) is 15.2 Å². The van der Waals surface area contributed by atoms with Crippen molar-refractivity contribution in [3.8, 4) is 11.5 Å². The Bertz CT molecular complexity index is 705. The van der Waals surface area contributed by atoms with Crippen molar-refractivity contribution in [3.63, 3.8) is 0 Å². The van der Waals surface area contributed by atoms with Crippen LogP contribution in [0.25, 0.3) is 0 Å². The van der Waals surface area contributed by atoms with Gasteiger partial charge in [0.05, 0.1) is 27.0 Å². The molecule has 0 amide bonds. The van der Waals surface area contributed by atoms with Crippen LogP contribution < -0.4 is 20.5 Å². The van der Waals surface area contributed by atoms with E-state index in [-0.39, 0.29) is 12.0 Å². The van der Waals surface area contributed by atoms with Crippen molar-refractivity contribution in [1.29, 1.82) is 0 Å². The first kappa shape index (κ1) is 18.3. The second-order valence-corrected chi connectivity index (χ2v) is 7.53. The highest BCUT2D eigenvalue weighted by Crippen LogP contribution is 2.29. The lowest BCUT2D eigenvalue weighted by molar-refractivity contribution is 0.355. The van der Waals surface area contributed by atoms with E-state index in [1.54, 1.807) is 32.4 Å². The first-order valence-corrected chi connectivity index (χ1v) is 9.45. The number of anilines is 1. The molecule has 3 N–H and O–H groups in total. The molecule has 1 heterocycles. The number of sulfonamides is 1. The van der Waals surface area contributed by atoms with Crippen LogP contribution in [0.15, 0.2) is 23.2 Å². The third-order valence-corrected chi connectivity index (χ3v) is 5.21. The van der Waals surface area contributed by atoms with Crippen LogP contribution in [-0.2, 0) is 10.0 Å². The van der Waals surface area contributed by atoms with Gasteiger partial charge in [-0.3, -0.25) is 4.99 Å². The van der Waals surface area contributed by atoms with Gasteiger partial charge in [0, 0.05) is 24.3 Å². The van der Waals surface area contributed by atoms with Gasteiger partial charge in [-0.15, -0.1) is 0 Å². The number of nitrogens with zero attached hydrogens (tertiary/aromatic N) is 2. The lowest BCUT2D eigenvalue weighted by Crippen LogP contribution is -2.37. The maximum atomic E-state index is 11.7. The minimum absolute atomic E-state index is 0.134. The fourth-order valence-electron chi connectivity index (χ4n) is 2.73. The molecule has 0 spiro atoms. The van der Waals surface area contributed by atoms with Crippen molar-refractivity contribution in [2.45, 2.75) is 18.9 Å². The van der Waals surface area contributed by atoms with Crippen molar-refractivity contribution >= 4 is 21.7 Å². The summed E-state index contributed by atoms with van der Waals surface area (Å²) in [6, 6.07) is 5.17. The highest BCUT2D eigenvalue weighted by molar-refractivity contribution is 7.88. The average Bonchev–Trinajstić information content (AvgIpc) is 3.01. The van der Waals surface area contributed by atoms with Crippen LogP contribution in [0.5, 0.6) is 11.5 Å². The Morgan fingerprint density at radius 1 is 1.38 bits per heavy atom. The van der Waals surface area contributed by atoms with Crippen molar-refractivity contribution < 1.29 is 17.9 Å². The van der Waals surface area contributed by atoms with Crippen LogP contribution in [0, 0.1) is 0 Å². The molecule has 9 heteroatoms. The molecule has 1 atom stereocenters. The Morgan fingerprint density at radius 3 is 2.71 bits per heavy atom. The Morgan fingerprint density at radius 2 is 2.08 bits per heavy atom. The number of aliphatic imine (C=N–C) groups is 1. The molecule has 1 fully saturated rings. The molecule has 1 saturated heterocycles. The molecule has 2 rings (SSSR count). The maximum absolute atomic E-state index is 11.7. The molecule has 134 valence electrons. The molecule has 1 aliphatic heterocycles. The molecule has 0 unspecified atom stereocenters. The number of guanidine groups is 1. The summed E-state index contributed by atoms with van der Waals surface area (Å²) in [5.41, 5.74) is 6.61. The van der Waals surface area contributed by atoms with Gasteiger partial charge in [0.1, 0.15) is 0 Å². The molecular formula is C15H24N4O4S. The standard InChI is InChI=1S/C15H24N4O4S/c1-22-13-7-6-11(9-14(13)23-2)18-15(16)17-10-12-5-4-8-19(12)24(3,20)21/h6-7,9,12H,4-5,8,10H2,1-3H3,(H3,16,17,18)/t12-/m1/s1. The van der Waals surface area contributed by atoms with E-state index in [0.717, 1.165) is 12.8 Å². The zero-order valence-corrected chi connectivity index (χ0v) is 15.0. The predicted octanol–water partition coefficient (Wildman–Crippen LogP) is 0.854. The van der Waals surface area contributed by atoms with E-state index in [1.807, 2.05) is 0 Å². The Hall–Kier alpha value is -2.00. The van der Waals surface area contributed by atoms with E-state index in [9.17, 15) is 8.42 Å². The summed E-state index contributed by atoms with van der Waals surface area (Å²) in [6.07, 6.45) is 2.86. The number of rotatable bonds is 6. The summed E-state index contributed by atoms with van der Waals surface area (Å²) in [5.74, 6) is 1.42. The molecule has 0 aromatic heterocycles. The topological polar surface area (TPSA) is 106 Å². The normalized spacial score (nSPS) is 19.3. The summed E-state index contributed by atoms with van der Waals surface area (Å²) in [6.45, 7) is 0.876. The van der Waals surface area contributed by atoms with E-state index in [0.29, 0.717) is 30.3 Å². The number of nitrogens with one attached hydrogen (secondary N) is 1. The monoisotopic (exact) mass is 356 g/mol. The summed E-state index contributed by atoms with van der Waals surface area (Å²) >= 11 is 0. The number of methoxy groups -OCH3 is 2. The van der Waals surface area contributed by atoms with Gasteiger partial charge in [0.15, 0.2) is 17.5 Å². The molecular weight excluding hydrogens is 332 g/mol. The lowest BCUT2D eigenvalue weighted by Gasteiger charge is -2.20. The van der Waals surface area contributed by atoms with Gasteiger partial charge in [-0.2, -0.15) is 4.31 Å². The van der Waals surface area contributed by atoms with Crippen LogP contribution in [0.3, 0.4) is 0 Å². The van der Waals surface area contributed by atoms with Gasteiger partial charge >= 0.3 is 0 Å². The SMILES string of the molecule is COc1ccc(NC(N)=NC[C@H]2CCCN2S(C)(=O)=O)cc1OC. The van der Waals surface area contributed by atoms with Gasteiger partial charge in [-0.05, 0) is 25.0 Å². The zero-order chi connectivity index (χ0) is 17.7. The zero-order valence-electron chi connectivity index (χ0n) is 14.2. The van der Waals surface area contributed by atoms with Crippen LogP contribution in [0.2, 0.25) is 0 Å². The van der Waals surface area contributed by atoms with Crippen LogP contribution in [0.1, 0.15) is 12.8 Å². The summed E-state index contributed by atoms with van der Waals surface area (Å²) in [7, 11) is -0.0829. The van der Waals surface area contributed by atoms with Crippen LogP contribution >= 0.6 is 0 Å². The molecule has 1 aliphatic rings. The number of ether oxygens (including phenoxy) is 2. The van der Waals surface area contributed by atoms with Crippen molar-refractivity contribution in [1.82, 2.24) is 4.31 Å². The first-order valence-electron chi connectivity index (χ1n) is 7.61. The minimum Gasteiger partial charge on any atom is -0.493 e. The van der Waals surface area contributed by atoms with Gasteiger partial charge in [-0.1, -0.05) is 0 Å². The third-order valence-electron chi connectivity index (χ3n) is 3.88. The van der Waals surface area contributed by atoms with Crippen LogP contribution in [0.4, 0.5) is 5.69 Å². The number of benzene rings is 1. The summed E-state index contributed by atoms with van der Waals surface area (Å²) in [5, 5.41) is 2.97. The van der Waals surface area contributed by atoms with Gasteiger partial charge in [0.25, 0.3) is 0 Å². The Labute approximate surface area is 142 Å². The molecule has 0 aliphatic carbocycles. The highest BCUT2D eigenvalue weighted by atomic mass is 32.2. The van der Waals surface area contributed by atoms with Crippen LogP contribution in [-0.4, -0.2) is 58.3 Å². The van der Waals surface area contributed by atoms with Crippen molar-refractivity contribution in [2.75, 3.05) is 38.9 Å². The molecule has 0 saturated carbocycles. The van der Waals surface area contributed by atoms with E-state index in [2.05, 4.69) is 10.3 Å². The maximum Gasteiger partial charge on any atom is 0.211 e. The van der Waals surface area contributed by atoms with Gasteiger partial charge in [0.2, 0.25) is 10.0 Å². The molecule has 0 bridgehead atoms. The number of nitrogens with two attached hydrogens (primary N) is 1. The van der Waals surface area contributed by atoms with Crippen molar-refractivity contribution in [2.24, 2.45) is 10.7 Å². The molecule has 1 aromatic carbocycles. The first-order chi connectivity index (χ1) is 11.3. The fraction of sp³-hybridized carbons (Fsp3) is 0.533. The largest absolute Gasteiger partial charge is 0.493 e. The molecule has 24 heavy (non-hydrogen) atoms. The Kier molecular flexibility index (Phi) is 5.89. The van der Waals surface area contributed by atoms with Crippen molar-refractivity contribution in [3.05, 3.63) is 18.2 Å². The fourth-order valence-corrected chi connectivity index (χ4v) is 3.91.